The van der Waals surface area contributed by atoms with E-state index in [0.717, 1.165) is 33.6 Å². The molecule has 0 saturated heterocycles. The number of nitrogens with zero attached hydrogens (tertiary/aromatic N) is 5. The van der Waals surface area contributed by atoms with E-state index in [1.807, 2.05) is 85.2 Å². The average Bonchev–Trinajstić information content (AvgIpc) is 3.88. The molecule has 258 valence electrons. The Kier molecular flexibility index (Phi) is 7.03. The third-order valence-electron chi connectivity index (χ3n) is 10.2. The molecule has 11 rings (SSSR count). The number of pyridine rings is 2. The predicted molar refractivity (Wildman–Crippen MR) is 221 cm³/mol. The van der Waals surface area contributed by atoms with Crippen LogP contribution in [-0.2, 0) is 0 Å². The molecule has 0 aliphatic carbocycles. The van der Waals surface area contributed by atoms with E-state index in [4.69, 9.17) is 18.8 Å². The number of hydrogen-bond acceptors (Lipinski definition) is 7. The predicted octanol–water partition coefficient (Wildman–Crippen LogP) is 12.7. The lowest BCUT2D eigenvalue weighted by Crippen LogP contribution is -2.10. The van der Waals surface area contributed by atoms with Crippen molar-refractivity contribution < 1.29 is 8.83 Å². The first-order valence-corrected chi connectivity index (χ1v) is 18.1. The van der Waals surface area contributed by atoms with Gasteiger partial charge in [0.05, 0.1) is 23.8 Å². The lowest BCUT2D eigenvalue weighted by atomic mass is 9.96. The summed E-state index contributed by atoms with van der Waals surface area (Å²) >= 11 is 0. The zero-order chi connectivity index (χ0) is 36.3. The Morgan fingerprint density at radius 2 is 0.855 bits per heavy atom. The highest BCUT2D eigenvalue weighted by atomic mass is 16.4. The quantitative estimate of drug-likeness (QED) is 0.159. The Balaban J connectivity index is 1.03. The van der Waals surface area contributed by atoms with Gasteiger partial charge >= 0.3 is 0 Å². The van der Waals surface area contributed by atoms with Gasteiger partial charge in [-0.25, -0.2) is 9.97 Å². The fourth-order valence-electron chi connectivity index (χ4n) is 7.46. The smallest absolute Gasteiger partial charge is 0.228 e. The fourth-order valence-corrected chi connectivity index (χ4v) is 7.46. The molecular formula is C48H29N5O2. The first kappa shape index (κ1) is 30.9. The normalized spacial score (nSPS) is 11.6. The number of oxazole rings is 2. The van der Waals surface area contributed by atoms with Gasteiger partial charge in [-0.1, -0.05) is 103 Å². The lowest BCUT2D eigenvalue weighted by molar-refractivity contribution is 0.619. The van der Waals surface area contributed by atoms with Crippen molar-refractivity contribution in [2.24, 2.45) is 0 Å². The zero-order valence-corrected chi connectivity index (χ0v) is 29.3. The number of aromatic nitrogens is 4. The van der Waals surface area contributed by atoms with Gasteiger partial charge in [0.1, 0.15) is 0 Å². The van der Waals surface area contributed by atoms with Crippen LogP contribution in [0.15, 0.2) is 185 Å². The molecule has 0 aliphatic rings. The van der Waals surface area contributed by atoms with Crippen molar-refractivity contribution >= 4 is 71.8 Å². The van der Waals surface area contributed by atoms with Crippen LogP contribution < -0.4 is 4.90 Å². The van der Waals surface area contributed by atoms with Gasteiger partial charge in [0.25, 0.3) is 0 Å². The van der Waals surface area contributed by atoms with Gasteiger partial charge in [0, 0.05) is 28.9 Å². The minimum Gasteiger partial charge on any atom is -0.434 e. The molecular weight excluding hydrogens is 679 g/mol. The summed E-state index contributed by atoms with van der Waals surface area (Å²) in [6.45, 7) is 0. The third kappa shape index (κ3) is 5.45. The molecule has 0 fully saturated rings. The maximum atomic E-state index is 6.28. The summed E-state index contributed by atoms with van der Waals surface area (Å²) in [6.07, 6.45) is 3.64. The van der Waals surface area contributed by atoms with Crippen LogP contribution in [0.5, 0.6) is 0 Å². The Morgan fingerprint density at radius 1 is 0.364 bits per heavy atom. The largest absolute Gasteiger partial charge is 0.434 e. The molecule has 4 aromatic heterocycles. The molecule has 0 atom stereocenters. The van der Waals surface area contributed by atoms with E-state index in [0.29, 0.717) is 34.2 Å². The van der Waals surface area contributed by atoms with Crippen LogP contribution in [0.2, 0.25) is 0 Å². The van der Waals surface area contributed by atoms with Crippen molar-refractivity contribution in [1.29, 1.82) is 0 Å². The Labute approximate surface area is 314 Å². The van der Waals surface area contributed by atoms with Gasteiger partial charge in [0.15, 0.2) is 22.5 Å². The molecule has 7 aromatic carbocycles. The summed E-state index contributed by atoms with van der Waals surface area (Å²) in [6, 6.07) is 56.4. The van der Waals surface area contributed by atoms with Crippen molar-refractivity contribution in [2.45, 2.75) is 0 Å². The highest BCUT2D eigenvalue weighted by Gasteiger charge is 2.20. The highest BCUT2D eigenvalue weighted by Crippen LogP contribution is 2.40. The SMILES string of the molecule is c1ccc(-c2nc3ncc(N(c4ccc5c(ccc6cc(-c7ccc8ccccc8c7)ccc65)c4)c4cnc5nc(-c6ccccc6)oc5c4)cc3o2)cc1. The first-order chi connectivity index (χ1) is 27.2. The molecule has 0 spiro atoms. The molecule has 4 heterocycles. The molecule has 0 radical (unpaired) electrons. The maximum absolute atomic E-state index is 6.28. The van der Waals surface area contributed by atoms with Crippen molar-refractivity contribution in [2.75, 3.05) is 4.90 Å². The Hall–Kier alpha value is -7.64. The summed E-state index contributed by atoms with van der Waals surface area (Å²) in [7, 11) is 0. The van der Waals surface area contributed by atoms with Crippen molar-refractivity contribution in [3.05, 3.63) is 176 Å². The van der Waals surface area contributed by atoms with E-state index < -0.39 is 0 Å². The Morgan fingerprint density at radius 3 is 1.47 bits per heavy atom. The van der Waals surface area contributed by atoms with E-state index in [2.05, 4.69) is 106 Å². The van der Waals surface area contributed by atoms with Crippen LogP contribution in [0.4, 0.5) is 17.1 Å². The highest BCUT2D eigenvalue weighted by molar-refractivity contribution is 6.09. The molecule has 0 N–H and O–H groups in total. The van der Waals surface area contributed by atoms with Crippen LogP contribution in [0.3, 0.4) is 0 Å². The van der Waals surface area contributed by atoms with Gasteiger partial charge in [-0.3, -0.25) is 0 Å². The standard InChI is InChI=1S/C48H29N5O2/c1-3-10-31(11-4-1)47-51-45-43(54-47)26-39(28-49-45)53(40-27-44-46(50-29-40)52-48(55-44)32-12-5-2-6-13-32)38-20-22-42-37(25-38)18-17-36-24-35(19-21-41(36)42)34-16-15-30-9-7-8-14-33(30)23-34/h1-29H. The number of hydrogen-bond donors (Lipinski definition) is 0. The van der Waals surface area contributed by atoms with E-state index >= 15 is 0 Å². The molecule has 0 aliphatic heterocycles. The van der Waals surface area contributed by atoms with Crippen molar-refractivity contribution in [1.82, 2.24) is 19.9 Å². The lowest BCUT2D eigenvalue weighted by Gasteiger charge is -2.25. The number of anilines is 3. The van der Waals surface area contributed by atoms with Gasteiger partial charge < -0.3 is 13.7 Å². The molecule has 0 unspecified atom stereocenters. The summed E-state index contributed by atoms with van der Waals surface area (Å²) in [5.41, 5.74) is 8.89. The topological polar surface area (TPSA) is 81.1 Å². The second-order valence-electron chi connectivity index (χ2n) is 13.6. The van der Waals surface area contributed by atoms with Crippen LogP contribution >= 0.6 is 0 Å². The summed E-state index contributed by atoms with van der Waals surface area (Å²) in [4.78, 5) is 21.0. The number of benzene rings is 7. The number of fused-ring (bicyclic) bond motifs is 6. The van der Waals surface area contributed by atoms with Crippen LogP contribution in [0.25, 0.3) is 88.8 Å². The molecule has 7 heteroatoms. The Bertz CT molecular complexity index is 3110. The molecule has 0 amide bonds. The average molecular weight is 708 g/mol. The van der Waals surface area contributed by atoms with E-state index in [9.17, 15) is 0 Å². The minimum absolute atomic E-state index is 0.520. The molecule has 55 heavy (non-hydrogen) atoms. The summed E-state index contributed by atoms with van der Waals surface area (Å²) in [5.74, 6) is 1.04. The molecule has 11 aromatic rings. The van der Waals surface area contributed by atoms with Crippen molar-refractivity contribution in [3.63, 3.8) is 0 Å². The maximum Gasteiger partial charge on any atom is 0.228 e. The second kappa shape index (κ2) is 12.5. The van der Waals surface area contributed by atoms with Crippen molar-refractivity contribution in [3.8, 4) is 34.0 Å². The van der Waals surface area contributed by atoms with Gasteiger partial charge in [-0.05, 0) is 92.0 Å². The monoisotopic (exact) mass is 707 g/mol. The second-order valence-corrected chi connectivity index (χ2v) is 13.6. The summed E-state index contributed by atoms with van der Waals surface area (Å²) in [5, 5.41) is 7.12. The molecule has 7 nitrogen and oxygen atoms in total. The molecule has 0 bridgehead atoms. The minimum atomic E-state index is 0.520. The van der Waals surface area contributed by atoms with E-state index in [1.54, 1.807) is 0 Å². The van der Waals surface area contributed by atoms with E-state index in [1.165, 1.54) is 38.1 Å². The van der Waals surface area contributed by atoms with Gasteiger partial charge in [-0.15, -0.1) is 0 Å². The van der Waals surface area contributed by atoms with Crippen LogP contribution in [0.1, 0.15) is 0 Å². The van der Waals surface area contributed by atoms with Crippen LogP contribution in [0, 0.1) is 0 Å². The first-order valence-electron chi connectivity index (χ1n) is 18.1. The van der Waals surface area contributed by atoms with Gasteiger partial charge in [-0.2, -0.15) is 9.97 Å². The van der Waals surface area contributed by atoms with Crippen LogP contribution in [-0.4, -0.2) is 19.9 Å². The van der Waals surface area contributed by atoms with Gasteiger partial charge in [0.2, 0.25) is 11.8 Å². The van der Waals surface area contributed by atoms with E-state index in [-0.39, 0.29) is 0 Å². The number of rotatable bonds is 6. The third-order valence-corrected chi connectivity index (χ3v) is 10.2. The zero-order valence-electron chi connectivity index (χ0n) is 29.3. The fraction of sp³-hybridized carbons (Fsp3) is 0. The molecule has 0 saturated carbocycles. The summed E-state index contributed by atoms with van der Waals surface area (Å²) < 4.78 is 12.6.